The zero-order chi connectivity index (χ0) is 14.7. The van der Waals surface area contributed by atoms with Crippen LogP contribution in [0.3, 0.4) is 0 Å². The van der Waals surface area contributed by atoms with Crippen LogP contribution in [0.5, 0.6) is 0 Å². The van der Waals surface area contributed by atoms with Crippen molar-refractivity contribution < 1.29 is 4.79 Å². The molecule has 5 nitrogen and oxygen atoms in total. The third kappa shape index (κ3) is 2.57. The molecule has 0 aliphatic heterocycles. The summed E-state index contributed by atoms with van der Waals surface area (Å²) in [6.07, 6.45) is 6.83. The fourth-order valence-corrected chi connectivity index (χ4v) is 3.19. The first-order chi connectivity index (χ1) is 9.60. The average molecular weight is 307 g/mol. The van der Waals surface area contributed by atoms with Gasteiger partial charge in [-0.15, -0.1) is 29.5 Å². The Bertz CT molecular complexity index is 742. The molecule has 2 heterocycles. The van der Waals surface area contributed by atoms with Gasteiger partial charge in [-0.05, 0) is 5.75 Å². The number of terminal acetylenes is 1. The van der Waals surface area contributed by atoms with E-state index >= 15 is 0 Å². The van der Waals surface area contributed by atoms with Crippen LogP contribution < -0.4 is 5.56 Å². The predicted molar refractivity (Wildman–Crippen MR) is 81.5 cm³/mol. The Morgan fingerprint density at radius 1 is 1.65 bits per heavy atom. The molecule has 0 radical (unpaired) electrons. The summed E-state index contributed by atoms with van der Waals surface area (Å²) in [7, 11) is 1.57. The molecule has 0 spiro atoms. The highest BCUT2D eigenvalue weighted by molar-refractivity contribution is 7.99. The van der Waals surface area contributed by atoms with Crippen LogP contribution in [0.25, 0.3) is 4.96 Å². The molecule has 0 aliphatic rings. The minimum Gasteiger partial charge on any atom is -0.330 e. The predicted octanol–water partition coefficient (Wildman–Crippen LogP) is 1.57. The van der Waals surface area contributed by atoms with Gasteiger partial charge < -0.3 is 4.90 Å². The highest BCUT2D eigenvalue weighted by Gasteiger charge is 2.23. The summed E-state index contributed by atoms with van der Waals surface area (Å²) in [5.41, 5.74) is -0.258. The highest BCUT2D eigenvalue weighted by atomic mass is 32.2. The molecule has 2 aromatic rings. The fraction of sp³-hybridized carbons (Fsp3) is 0.308. The monoisotopic (exact) mass is 307 g/mol. The molecule has 0 aromatic carbocycles. The summed E-state index contributed by atoms with van der Waals surface area (Å²) in [4.78, 5) is 31.2. The van der Waals surface area contributed by atoms with Crippen LogP contribution in [-0.4, -0.2) is 39.5 Å². The Balaban J connectivity index is 2.63. The van der Waals surface area contributed by atoms with Crippen LogP contribution in [0.2, 0.25) is 0 Å². The Morgan fingerprint density at radius 2 is 2.40 bits per heavy atom. The van der Waals surface area contributed by atoms with E-state index in [1.165, 1.54) is 32.4 Å². The number of amides is 1. The molecule has 0 fully saturated rings. The molecule has 0 saturated carbocycles. The average Bonchev–Trinajstić information content (AvgIpc) is 2.87. The molecule has 0 saturated heterocycles. The van der Waals surface area contributed by atoms with E-state index in [4.69, 9.17) is 6.42 Å². The zero-order valence-corrected chi connectivity index (χ0v) is 12.8. The molecule has 0 aliphatic carbocycles. The SMILES string of the molecule is C#CCN(C)C(=O)c1c(SCC)nc2sccn2c1=O. The number of thiazole rings is 1. The number of hydrogen-bond donors (Lipinski definition) is 0. The van der Waals surface area contributed by atoms with Crippen LogP contribution in [0.4, 0.5) is 0 Å². The van der Waals surface area contributed by atoms with Crippen molar-refractivity contribution in [1.29, 1.82) is 0 Å². The number of rotatable bonds is 4. The van der Waals surface area contributed by atoms with E-state index in [0.29, 0.717) is 9.99 Å². The van der Waals surface area contributed by atoms with Crippen molar-refractivity contribution in [2.45, 2.75) is 11.9 Å². The van der Waals surface area contributed by atoms with Crippen molar-refractivity contribution in [3.05, 3.63) is 27.5 Å². The summed E-state index contributed by atoms with van der Waals surface area (Å²) < 4.78 is 1.39. The number of hydrogen-bond acceptors (Lipinski definition) is 5. The Kier molecular flexibility index (Phi) is 4.47. The van der Waals surface area contributed by atoms with E-state index in [1.807, 2.05) is 6.92 Å². The second kappa shape index (κ2) is 6.11. The Hall–Kier alpha value is -1.78. The summed E-state index contributed by atoms with van der Waals surface area (Å²) in [6.45, 7) is 2.10. The van der Waals surface area contributed by atoms with E-state index in [-0.39, 0.29) is 17.7 Å². The van der Waals surface area contributed by atoms with Crippen LogP contribution in [0, 0.1) is 12.3 Å². The van der Waals surface area contributed by atoms with Crippen LogP contribution in [0.1, 0.15) is 17.3 Å². The Labute approximate surface area is 124 Å². The molecule has 2 aromatic heterocycles. The third-order valence-electron chi connectivity index (χ3n) is 2.60. The number of fused-ring (bicyclic) bond motifs is 1. The molecule has 1 amide bonds. The zero-order valence-electron chi connectivity index (χ0n) is 11.1. The lowest BCUT2D eigenvalue weighted by atomic mass is 10.3. The van der Waals surface area contributed by atoms with E-state index in [0.717, 1.165) is 5.75 Å². The Morgan fingerprint density at radius 3 is 3.05 bits per heavy atom. The van der Waals surface area contributed by atoms with Gasteiger partial charge in [-0.25, -0.2) is 4.98 Å². The van der Waals surface area contributed by atoms with Crippen molar-refractivity contribution in [1.82, 2.24) is 14.3 Å². The largest absolute Gasteiger partial charge is 0.330 e. The lowest BCUT2D eigenvalue weighted by Crippen LogP contribution is -2.34. The maximum Gasteiger partial charge on any atom is 0.272 e. The fourth-order valence-electron chi connectivity index (χ4n) is 1.69. The number of aromatic nitrogens is 2. The number of carbonyl (C=O) groups excluding carboxylic acids is 1. The minimum absolute atomic E-state index is 0.0884. The van der Waals surface area contributed by atoms with Gasteiger partial charge in [0.05, 0.1) is 6.54 Å². The maximum absolute atomic E-state index is 12.5. The number of carbonyl (C=O) groups is 1. The standard InChI is InChI=1S/C13H13N3O2S2/c1-4-6-15(3)11(17)9-10(19-5-2)14-13-16(12(9)18)7-8-20-13/h1,7-8H,5-6H2,2-3H3. The first-order valence-corrected chi connectivity index (χ1v) is 7.78. The van der Waals surface area contributed by atoms with Crippen molar-refractivity contribution in [3.63, 3.8) is 0 Å². The van der Waals surface area contributed by atoms with Gasteiger partial charge in [0.1, 0.15) is 10.6 Å². The van der Waals surface area contributed by atoms with E-state index in [9.17, 15) is 9.59 Å². The first kappa shape index (κ1) is 14.6. The van der Waals surface area contributed by atoms with Gasteiger partial charge in [-0.3, -0.25) is 14.0 Å². The molecule has 2 rings (SSSR count). The van der Waals surface area contributed by atoms with Crippen LogP contribution >= 0.6 is 23.1 Å². The van der Waals surface area contributed by atoms with Crippen molar-refractivity contribution >= 4 is 34.0 Å². The molecule has 20 heavy (non-hydrogen) atoms. The molecule has 7 heteroatoms. The van der Waals surface area contributed by atoms with Gasteiger partial charge in [0.25, 0.3) is 11.5 Å². The minimum atomic E-state index is -0.392. The second-order valence-corrected chi connectivity index (χ2v) is 6.08. The topological polar surface area (TPSA) is 54.7 Å². The van der Waals surface area contributed by atoms with E-state index < -0.39 is 5.91 Å². The van der Waals surface area contributed by atoms with Crippen molar-refractivity contribution in [2.75, 3.05) is 19.3 Å². The van der Waals surface area contributed by atoms with Gasteiger partial charge in [-0.1, -0.05) is 12.8 Å². The molecule has 0 N–H and O–H groups in total. The summed E-state index contributed by atoms with van der Waals surface area (Å²) in [5, 5.41) is 2.23. The lowest BCUT2D eigenvalue weighted by Gasteiger charge is -2.15. The highest BCUT2D eigenvalue weighted by Crippen LogP contribution is 2.21. The third-order valence-corrected chi connectivity index (χ3v) is 4.22. The van der Waals surface area contributed by atoms with Gasteiger partial charge in [0.2, 0.25) is 0 Å². The number of thioether (sulfide) groups is 1. The normalized spacial score (nSPS) is 10.4. The van der Waals surface area contributed by atoms with Gasteiger partial charge >= 0.3 is 0 Å². The van der Waals surface area contributed by atoms with Crippen molar-refractivity contribution in [3.8, 4) is 12.3 Å². The summed E-state index contributed by atoms with van der Waals surface area (Å²) in [5.74, 6) is 2.73. The van der Waals surface area contributed by atoms with Crippen molar-refractivity contribution in [2.24, 2.45) is 0 Å². The molecule has 0 bridgehead atoms. The van der Waals surface area contributed by atoms with Gasteiger partial charge in [-0.2, -0.15) is 0 Å². The summed E-state index contributed by atoms with van der Waals surface area (Å²) >= 11 is 2.74. The molecular formula is C13H13N3O2S2. The maximum atomic E-state index is 12.5. The summed E-state index contributed by atoms with van der Waals surface area (Å²) in [6, 6.07) is 0. The van der Waals surface area contributed by atoms with Gasteiger partial charge in [0, 0.05) is 18.6 Å². The van der Waals surface area contributed by atoms with E-state index in [2.05, 4.69) is 10.9 Å². The molecule has 0 unspecified atom stereocenters. The molecular weight excluding hydrogens is 294 g/mol. The molecule has 104 valence electrons. The smallest absolute Gasteiger partial charge is 0.272 e. The number of nitrogens with zero attached hydrogens (tertiary/aromatic N) is 3. The van der Waals surface area contributed by atoms with Crippen LogP contribution in [-0.2, 0) is 0 Å². The first-order valence-electron chi connectivity index (χ1n) is 5.91. The quantitative estimate of drug-likeness (QED) is 0.489. The second-order valence-electron chi connectivity index (χ2n) is 3.95. The van der Waals surface area contributed by atoms with Crippen LogP contribution in [0.15, 0.2) is 21.4 Å². The molecule has 0 atom stereocenters. The van der Waals surface area contributed by atoms with E-state index in [1.54, 1.807) is 18.6 Å². The lowest BCUT2D eigenvalue weighted by molar-refractivity contribution is 0.0806. The van der Waals surface area contributed by atoms with Gasteiger partial charge in [0.15, 0.2) is 4.96 Å².